The molecule has 0 aliphatic heterocycles. The molecule has 0 bridgehead atoms. The normalized spacial score (nSPS) is 12.3. The van der Waals surface area contributed by atoms with Gasteiger partial charge in [0, 0.05) is 31.0 Å². The second kappa shape index (κ2) is 8.63. The number of nitrogens with one attached hydrogen (secondary N) is 2. The van der Waals surface area contributed by atoms with Gasteiger partial charge in [-0.25, -0.2) is 18.0 Å². The maximum absolute atomic E-state index is 13.0. The van der Waals surface area contributed by atoms with Gasteiger partial charge in [0.25, 0.3) is 0 Å². The van der Waals surface area contributed by atoms with E-state index in [-0.39, 0.29) is 18.2 Å². The Labute approximate surface area is 127 Å². The van der Waals surface area contributed by atoms with Crippen molar-refractivity contribution in [3.05, 3.63) is 29.6 Å². The first kappa shape index (κ1) is 18.3. The lowest BCUT2D eigenvalue weighted by Crippen LogP contribution is -2.34. The monoisotopic (exact) mass is 318 g/mol. The fourth-order valence-electron chi connectivity index (χ4n) is 2.19. The molecule has 0 aliphatic carbocycles. The quantitative estimate of drug-likeness (QED) is 0.676. The largest absolute Gasteiger partial charge is 0.396 e. The minimum absolute atomic E-state index is 0.0229. The summed E-state index contributed by atoms with van der Waals surface area (Å²) in [5, 5.41) is 13.8. The summed E-state index contributed by atoms with van der Waals surface area (Å²) in [7, 11) is 0. The van der Waals surface area contributed by atoms with Crippen LogP contribution in [0.5, 0.6) is 0 Å². The Morgan fingerprint density at radius 3 is 2.32 bits per heavy atom. The van der Waals surface area contributed by atoms with E-state index in [0.29, 0.717) is 31.0 Å². The Morgan fingerprint density at radius 2 is 1.82 bits per heavy atom. The molecule has 0 fully saturated rings. The molecule has 2 amide bonds. The Kier molecular flexibility index (Phi) is 7.17. The van der Waals surface area contributed by atoms with Gasteiger partial charge in [0.05, 0.1) is 0 Å². The Hall–Kier alpha value is -1.76. The summed E-state index contributed by atoms with van der Waals surface area (Å²) in [5.74, 6) is -3.79. The Morgan fingerprint density at radius 1 is 1.23 bits per heavy atom. The number of amides is 2. The molecule has 0 heterocycles. The SMILES string of the molecule is CC(C)CC(CCO)CNC(=O)Nc1cc(F)c(F)c(F)c1. The van der Waals surface area contributed by atoms with Crippen LogP contribution in [0.1, 0.15) is 26.7 Å². The number of carbonyl (C=O) groups is 1. The van der Waals surface area contributed by atoms with Crippen LogP contribution in [0, 0.1) is 29.3 Å². The van der Waals surface area contributed by atoms with E-state index in [9.17, 15) is 18.0 Å². The van der Waals surface area contributed by atoms with Crippen molar-refractivity contribution in [3.8, 4) is 0 Å². The number of hydrogen-bond donors (Lipinski definition) is 3. The minimum Gasteiger partial charge on any atom is -0.396 e. The molecule has 0 spiro atoms. The zero-order valence-electron chi connectivity index (χ0n) is 12.6. The molecular weight excluding hydrogens is 297 g/mol. The summed E-state index contributed by atoms with van der Waals surface area (Å²) in [4.78, 5) is 11.7. The van der Waals surface area contributed by atoms with Crippen LogP contribution in [0.3, 0.4) is 0 Å². The predicted molar refractivity (Wildman–Crippen MR) is 78.0 cm³/mol. The van der Waals surface area contributed by atoms with E-state index >= 15 is 0 Å². The van der Waals surface area contributed by atoms with Crippen molar-refractivity contribution < 1.29 is 23.1 Å². The molecule has 1 aromatic rings. The second-order valence-electron chi connectivity index (χ2n) is 5.60. The Bertz CT molecular complexity index is 487. The third kappa shape index (κ3) is 5.93. The first-order chi connectivity index (χ1) is 10.3. The summed E-state index contributed by atoms with van der Waals surface area (Å²) in [6.45, 7) is 4.43. The molecule has 0 saturated carbocycles. The minimum atomic E-state index is -1.58. The topological polar surface area (TPSA) is 61.4 Å². The number of hydrogen-bond acceptors (Lipinski definition) is 2. The van der Waals surface area contributed by atoms with Gasteiger partial charge in [0.2, 0.25) is 0 Å². The number of urea groups is 1. The van der Waals surface area contributed by atoms with Crippen LogP contribution in [0.2, 0.25) is 0 Å². The van der Waals surface area contributed by atoms with Gasteiger partial charge < -0.3 is 15.7 Å². The number of rotatable bonds is 7. The lowest BCUT2D eigenvalue weighted by Gasteiger charge is -2.18. The molecule has 0 aliphatic rings. The van der Waals surface area contributed by atoms with Crippen LogP contribution in [-0.4, -0.2) is 24.3 Å². The van der Waals surface area contributed by atoms with E-state index in [4.69, 9.17) is 5.11 Å². The van der Waals surface area contributed by atoms with Crippen LogP contribution >= 0.6 is 0 Å². The van der Waals surface area contributed by atoms with E-state index in [2.05, 4.69) is 10.6 Å². The average Bonchev–Trinajstić information content (AvgIpc) is 2.42. The molecule has 124 valence electrons. The van der Waals surface area contributed by atoms with Gasteiger partial charge in [0.15, 0.2) is 17.5 Å². The molecule has 1 aromatic carbocycles. The molecule has 0 radical (unpaired) electrons. The highest BCUT2D eigenvalue weighted by atomic mass is 19.2. The van der Waals surface area contributed by atoms with E-state index in [1.807, 2.05) is 13.8 Å². The number of carbonyl (C=O) groups excluding carboxylic acids is 1. The summed E-state index contributed by atoms with van der Waals surface area (Å²) < 4.78 is 38.9. The first-order valence-corrected chi connectivity index (χ1v) is 7.13. The molecule has 1 rings (SSSR count). The van der Waals surface area contributed by atoms with Crippen LogP contribution in [0.25, 0.3) is 0 Å². The molecule has 7 heteroatoms. The molecule has 22 heavy (non-hydrogen) atoms. The van der Waals surface area contributed by atoms with Crippen molar-refractivity contribution in [2.24, 2.45) is 11.8 Å². The molecular formula is C15H21F3N2O2. The zero-order chi connectivity index (χ0) is 16.7. The van der Waals surface area contributed by atoms with Gasteiger partial charge in [-0.2, -0.15) is 0 Å². The molecule has 4 nitrogen and oxygen atoms in total. The summed E-state index contributed by atoms with van der Waals surface area (Å²) in [6, 6.07) is 0.770. The third-order valence-electron chi connectivity index (χ3n) is 3.14. The van der Waals surface area contributed by atoms with Crippen molar-refractivity contribution >= 4 is 11.7 Å². The standard InChI is InChI=1S/C15H21F3N2O2/c1-9(2)5-10(3-4-21)8-19-15(22)20-11-6-12(16)14(18)13(17)7-11/h6-7,9-10,21H,3-5,8H2,1-2H3,(H2,19,20,22). The van der Waals surface area contributed by atoms with Crippen molar-refractivity contribution in [1.29, 1.82) is 0 Å². The van der Waals surface area contributed by atoms with Gasteiger partial charge in [-0.1, -0.05) is 13.8 Å². The highest BCUT2D eigenvalue weighted by molar-refractivity contribution is 5.89. The zero-order valence-corrected chi connectivity index (χ0v) is 12.6. The number of benzene rings is 1. The number of anilines is 1. The second-order valence-corrected chi connectivity index (χ2v) is 5.60. The number of aliphatic hydroxyl groups is 1. The highest BCUT2D eigenvalue weighted by Gasteiger charge is 2.14. The summed E-state index contributed by atoms with van der Waals surface area (Å²) in [6.07, 6.45) is 1.39. The first-order valence-electron chi connectivity index (χ1n) is 7.13. The van der Waals surface area contributed by atoms with Crippen molar-refractivity contribution in [1.82, 2.24) is 5.32 Å². The van der Waals surface area contributed by atoms with E-state index in [1.54, 1.807) is 0 Å². The Balaban J connectivity index is 2.55. The van der Waals surface area contributed by atoms with Gasteiger partial charge in [-0.3, -0.25) is 0 Å². The fourth-order valence-corrected chi connectivity index (χ4v) is 2.19. The van der Waals surface area contributed by atoms with Crippen molar-refractivity contribution in [2.45, 2.75) is 26.7 Å². The van der Waals surface area contributed by atoms with Crippen LogP contribution in [0.4, 0.5) is 23.7 Å². The van der Waals surface area contributed by atoms with Gasteiger partial charge >= 0.3 is 6.03 Å². The number of halogens is 3. The van der Waals surface area contributed by atoms with Gasteiger partial charge in [-0.15, -0.1) is 0 Å². The van der Waals surface area contributed by atoms with Crippen molar-refractivity contribution in [2.75, 3.05) is 18.5 Å². The predicted octanol–water partition coefficient (Wildman–Crippen LogP) is 3.27. The highest BCUT2D eigenvalue weighted by Crippen LogP contribution is 2.17. The van der Waals surface area contributed by atoms with E-state index < -0.39 is 23.5 Å². The van der Waals surface area contributed by atoms with Gasteiger partial charge in [0.1, 0.15) is 0 Å². The smallest absolute Gasteiger partial charge is 0.319 e. The summed E-state index contributed by atoms with van der Waals surface area (Å²) in [5.41, 5.74) is -0.170. The molecule has 0 saturated heterocycles. The fraction of sp³-hybridized carbons (Fsp3) is 0.533. The van der Waals surface area contributed by atoms with Gasteiger partial charge in [-0.05, 0) is 24.7 Å². The maximum atomic E-state index is 13.0. The van der Waals surface area contributed by atoms with Crippen molar-refractivity contribution in [3.63, 3.8) is 0 Å². The van der Waals surface area contributed by atoms with E-state index in [1.165, 1.54) is 0 Å². The molecule has 3 N–H and O–H groups in total. The van der Waals surface area contributed by atoms with E-state index in [0.717, 1.165) is 6.42 Å². The average molecular weight is 318 g/mol. The van der Waals surface area contributed by atoms with Crippen LogP contribution in [-0.2, 0) is 0 Å². The lowest BCUT2D eigenvalue weighted by molar-refractivity contribution is 0.231. The molecule has 1 atom stereocenters. The maximum Gasteiger partial charge on any atom is 0.319 e. The lowest BCUT2D eigenvalue weighted by atomic mass is 9.94. The van der Waals surface area contributed by atoms with Crippen LogP contribution in [0.15, 0.2) is 12.1 Å². The molecule has 0 aromatic heterocycles. The summed E-state index contributed by atoms with van der Waals surface area (Å²) >= 11 is 0. The van der Waals surface area contributed by atoms with Crippen LogP contribution < -0.4 is 10.6 Å². The third-order valence-corrected chi connectivity index (χ3v) is 3.14. The number of aliphatic hydroxyl groups excluding tert-OH is 1. The molecule has 1 unspecified atom stereocenters.